The average Bonchev–Trinajstić information content (AvgIpc) is 2.47. The summed E-state index contributed by atoms with van der Waals surface area (Å²) in [5.74, 6) is 5.83. The van der Waals surface area contributed by atoms with Gasteiger partial charge in [0.2, 0.25) is 0 Å². The second-order valence-corrected chi connectivity index (χ2v) is 3.41. The van der Waals surface area contributed by atoms with E-state index in [1.807, 2.05) is 11.4 Å². The van der Waals surface area contributed by atoms with Crippen LogP contribution in [-0.2, 0) is 6.61 Å². The first-order valence-corrected chi connectivity index (χ1v) is 5.10. The first-order chi connectivity index (χ1) is 5.38. The predicted molar refractivity (Wildman–Crippen MR) is 50.9 cm³/mol. The summed E-state index contributed by atoms with van der Waals surface area (Å²) in [6.07, 6.45) is 0. The molecule has 0 saturated heterocycles. The molecule has 58 valence electrons. The Bertz CT molecular complexity index is 282. The summed E-state index contributed by atoms with van der Waals surface area (Å²) in [7, 11) is 0. The van der Waals surface area contributed by atoms with E-state index in [0.717, 1.165) is 10.4 Å². The first kappa shape index (κ1) is 8.79. The third-order valence-corrected chi connectivity index (χ3v) is 2.36. The Morgan fingerprint density at radius 2 is 2.45 bits per heavy atom. The summed E-state index contributed by atoms with van der Waals surface area (Å²) in [6.45, 7) is 0.0873. The Morgan fingerprint density at radius 1 is 1.64 bits per heavy atom. The molecule has 1 heterocycles. The van der Waals surface area contributed by atoms with Crippen LogP contribution in [0.25, 0.3) is 0 Å². The van der Waals surface area contributed by atoms with E-state index < -0.39 is 0 Å². The molecule has 0 fully saturated rings. The molecular weight excluding hydrogens is 224 g/mol. The number of alkyl halides is 1. The number of halogens is 1. The van der Waals surface area contributed by atoms with Gasteiger partial charge in [0.25, 0.3) is 0 Å². The van der Waals surface area contributed by atoms with Crippen LogP contribution in [0.2, 0.25) is 0 Å². The summed E-state index contributed by atoms with van der Waals surface area (Å²) < 4.78 is 0. The van der Waals surface area contributed by atoms with Crippen LogP contribution in [0, 0.1) is 11.8 Å². The van der Waals surface area contributed by atoms with Gasteiger partial charge in [0, 0.05) is 10.4 Å². The van der Waals surface area contributed by atoms with Crippen molar-refractivity contribution in [2.75, 3.05) is 5.33 Å². The van der Waals surface area contributed by atoms with Crippen LogP contribution >= 0.6 is 27.3 Å². The largest absolute Gasteiger partial charge is 0.391 e. The molecule has 3 heteroatoms. The SMILES string of the molecule is OCc1sccc1C#CCBr. The van der Waals surface area contributed by atoms with Crippen molar-refractivity contribution >= 4 is 27.3 Å². The van der Waals surface area contributed by atoms with E-state index in [0.29, 0.717) is 5.33 Å². The highest BCUT2D eigenvalue weighted by Crippen LogP contribution is 2.14. The van der Waals surface area contributed by atoms with Crippen molar-refractivity contribution in [3.05, 3.63) is 21.9 Å². The van der Waals surface area contributed by atoms with E-state index in [2.05, 4.69) is 27.8 Å². The van der Waals surface area contributed by atoms with E-state index in [1.54, 1.807) is 0 Å². The van der Waals surface area contributed by atoms with Gasteiger partial charge in [0.05, 0.1) is 11.9 Å². The Hall–Kier alpha value is -0.300. The zero-order valence-corrected chi connectivity index (χ0v) is 8.20. The minimum absolute atomic E-state index is 0.0873. The Kier molecular flexibility index (Phi) is 3.64. The van der Waals surface area contributed by atoms with E-state index in [4.69, 9.17) is 5.11 Å². The molecule has 0 amide bonds. The summed E-state index contributed by atoms with van der Waals surface area (Å²) in [6, 6.07) is 1.92. The third-order valence-electron chi connectivity index (χ3n) is 1.18. The molecule has 0 radical (unpaired) electrons. The van der Waals surface area contributed by atoms with Crippen LogP contribution in [0.5, 0.6) is 0 Å². The molecule has 0 atom stereocenters. The highest BCUT2D eigenvalue weighted by atomic mass is 79.9. The topological polar surface area (TPSA) is 20.2 Å². The minimum Gasteiger partial charge on any atom is -0.391 e. The van der Waals surface area contributed by atoms with Crippen molar-refractivity contribution < 1.29 is 5.11 Å². The highest BCUT2D eigenvalue weighted by molar-refractivity contribution is 9.09. The van der Waals surface area contributed by atoms with Crippen LogP contribution < -0.4 is 0 Å². The van der Waals surface area contributed by atoms with Gasteiger partial charge in [-0.05, 0) is 11.4 Å². The monoisotopic (exact) mass is 230 g/mol. The molecule has 0 aromatic carbocycles. The lowest BCUT2D eigenvalue weighted by Gasteiger charge is -1.87. The van der Waals surface area contributed by atoms with Gasteiger partial charge in [-0.3, -0.25) is 0 Å². The summed E-state index contributed by atoms with van der Waals surface area (Å²) in [5, 5.41) is 11.4. The minimum atomic E-state index is 0.0873. The van der Waals surface area contributed by atoms with Gasteiger partial charge >= 0.3 is 0 Å². The quantitative estimate of drug-likeness (QED) is 0.578. The van der Waals surface area contributed by atoms with Gasteiger partial charge in [-0.15, -0.1) is 11.3 Å². The van der Waals surface area contributed by atoms with E-state index in [9.17, 15) is 0 Å². The van der Waals surface area contributed by atoms with Crippen LogP contribution in [0.1, 0.15) is 10.4 Å². The maximum Gasteiger partial charge on any atom is 0.0787 e. The molecule has 1 aromatic heterocycles. The number of hydrogen-bond donors (Lipinski definition) is 1. The van der Waals surface area contributed by atoms with E-state index in [-0.39, 0.29) is 6.61 Å². The Labute approximate surface area is 78.2 Å². The maximum absolute atomic E-state index is 8.84. The van der Waals surface area contributed by atoms with Gasteiger partial charge in [-0.2, -0.15) is 0 Å². The van der Waals surface area contributed by atoms with Crippen molar-refractivity contribution in [1.82, 2.24) is 0 Å². The van der Waals surface area contributed by atoms with Crippen LogP contribution in [0.3, 0.4) is 0 Å². The summed E-state index contributed by atoms with van der Waals surface area (Å²) in [4.78, 5) is 0.943. The van der Waals surface area contributed by atoms with Gasteiger partial charge in [-0.25, -0.2) is 0 Å². The van der Waals surface area contributed by atoms with Crippen molar-refractivity contribution in [3.63, 3.8) is 0 Å². The van der Waals surface area contributed by atoms with Crippen LogP contribution in [-0.4, -0.2) is 10.4 Å². The van der Waals surface area contributed by atoms with Crippen molar-refractivity contribution in [1.29, 1.82) is 0 Å². The second kappa shape index (κ2) is 4.55. The van der Waals surface area contributed by atoms with Gasteiger partial charge < -0.3 is 5.11 Å². The van der Waals surface area contributed by atoms with Crippen LogP contribution in [0.15, 0.2) is 11.4 Å². The van der Waals surface area contributed by atoms with Crippen molar-refractivity contribution in [3.8, 4) is 11.8 Å². The van der Waals surface area contributed by atoms with Crippen LogP contribution in [0.4, 0.5) is 0 Å². The molecule has 0 saturated carbocycles. The molecule has 0 unspecified atom stereocenters. The zero-order valence-electron chi connectivity index (χ0n) is 5.80. The molecular formula is C8H7BrOS. The first-order valence-electron chi connectivity index (χ1n) is 3.10. The van der Waals surface area contributed by atoms with Crippen molar-refractivity contribution in [2.45, 2.75) is 6.61 Å². The molecule has 0 aliphatic heterocycles. The fourth-order valence-electron chi connectivity index (χ4n) is 0.703. The molecule has 0 aliphatic rings. The van der Waals surface area contributed by atoms with Crippen molar-refractivity contribution in [2.24, 2.45) is 0 Å². The Morgan fingerprint density at radius 3 is 3.09 bits per heavy atom. The molecule has 1 aromatic rings. The smallest absolute Gasteiger partial charge is 0.0787 e. The maximum atomic E-state index is 8.84. The van der Waals surface area contributed by atoms with E-state index in [1.165, 1.54) is 11.3 Å². The van der Waals surface area contributed by atoms with Gasteiger partial charge in [0.1, 0.15) is 0 Å². The fraction of sp³-hybridized carbons (Fsp3) is 0.250. The number of thiophene rings is 1. The summed E-state index contributed by atoms with van der Waals surface area (Å²) in [5.41, 5.74) is 0.942. The summed E-state index contributed by atoms with van der Waals surface area (Å²) >= 11 is 4.74. The molecule has 11 heavy (non-hydrogen) atoms. The Balaban J connectivity index is 2.84. The predicted octanol–water partition coefficient (Wildman–Crippen LogP) is 1.99. The fourth-order valence-corrected chi connectivity index (χ4v) is 1.53. The second-order valence-electron chi connectivity index (χ2n) is 1.85. The molecule has 0 aliphatic carbocycles. The highest BCUT2D eigenvalue weighted by Gasteiger charge is 1.97. The molecule has 1 nitrogen and oxygen atoms in total. The van der Waals surface area contributed by atoms with E-state index >= 15 is 0 Å². The number of rotatable bonds is 1. The molecule has 1 rings (SSSR count). The van der Waals surface area contributed by atoms with Gasteiger partial charge in [0.15, 0.2) is 0 Å². The third kappa shape index (κ3) is 2.33. The zero-order chi connectivity index (χ0) is 8.10. The number of hydrogen-bond acceptors (Lipinski definition) is 2. The molecule has 1 N–H and O–H groups in total. The average molecular weight is 231 g/mol. The normalized spacial score (nSPS) is 8.91. The number of aliphatic hydroxyl groups excluding tert-OH is 1. The molecule has 0 spiro atoms. The lowest BCUT2D eigenvalue weighted by molar-refractivity contribution is 0.285. The standard InChI is InChI=1S/C8H7BrOS/c9-4-1-2-7-3-5-11-8(7)6-10/h3,5,10H,4,6H2. The lowest BCUT2D eigenvalue weighted by atomic mass is 10.3. The van der Waals surface area contributed by atoms with Gasteiger partial charge in [-0.1, -0.05) is 27.8 Å². The number of aliphatic hydroxyl groups is 1. The lowest BCUT2D eigenvalue weighted by Crippen LogP contribution is -1.80. The molecule has 0 bridgehead atoms.